The minimum absolute atomic E-state index is 0.115. The number of aliphatic hydroxyl groups excluding tert-OH is 1. The van der Waals surface area contributed by atoms with E-state index in [9.17, 15) is 4.79 Å². The van der Waals surface area contributed by atoms with Crippen LogP contribution in [0.25, 0.3) is 0 Å². The van der Waals surface area contributed by atoms with Gasteiger partial charge in [0.25, 0.3) is 5.91 Å². The molecule has 1 amide bonds. The smallest absolute Gasteiger partial charge is 0.251 e. The molecule has 0 aliphatic heterocycles. The van der Waals surface area contributed by atoms with Crippen LogP contribution in [0.5, 0.6) is 0 Å². The molecule has 0 spiro atoms. The van der Waals surface area contributed by atoms with Crippen LogP contribution < -0.4 is 5.32 Å². The third-order valence-electron chi connectivity index (χ3n) is 2.97. The lowest BCUT2D eigenvalue weighted by molar-refractivity contribution is 0.0945. The number of hydrogen-bond acceptors (Lipinski definition) is 3. The number of aliphatic hydroxyl groups is 1. The fourth-order valence-corrected chi connectivity index (χ4v) is 1.84. The second kappa shape index (κ2) is 6.86. The molecule has 2 aromatic rings. The van der Waals surface area contributed by atoms with Crippen molar-refractivity contribution in [1.29, 1.82) is 0 Å². The largest absolute Gasteiger partial charge is 0.393 e. The first-order valence-electron chi connectivity index (χ1n) is 6.68. The van der Waals surface area contributed by atoms with Crippen molar-refractivity contribution in [3.8, 4) is 0 Å². The molecule has 2 N–H and O–H groups in total. The van der Waals surface area contributed by atoms with E-state index < -0.39 is 6.10 Å². The Morgan fingerprint density at radius 3 is 2.75 bits per heavy atom. The van der Waals surface area contributed by atoms with Gasteiger partial charge in [-0.2, -0.15) is 5.10 Å². The molecular formula is C15H19N3O2. The summed E-state index contributed by atoms with van der Waals surface area (Å²) in [5, 5.41) is 16.1. The average Bonchev–Trinajstić information content (AvgIpc) is 2.92. The van der Waals surface area contributed by atoms with E-state index in [1.165, 1.54) is 0 Å². The summed E-state index contributed by atoms with van der Waals surface area (Å²) < 4.78 is 1.83. The van der Waals surface area contributed by atoms with Gasteiger partial charge in [-0.05, 0) is 37.1 Å². The highest BCUT2D eigenvalue weighted by Crippen LogP contribution is 2.06. The SMILES string of the molecule is CC(O)CCNC(=O)c1ccc(Cn2cccn2)cc1. The van der Waals surface area contributed by atoms with Gasteiger partial charge < -0.3 is 10.4 Å². The van der Waals surface area contributed by atoms with E-state index in [1.54, 1.807) is 25.3 Å². The van der Waals surface area contributed by atoms with Crippen LogP contribution in [0.2, 0.25) is 0 Å². The maximum atomic E-state index is 11.8. The summed E-state index contributed by atoms with van der Waals surface area (Å²) in [6.07, 6.45) is 3.80. The maximum absolute atomic E-state index is 11.8. The molecule has 1 atom stereocenters. The zero-order chi connectivity index (χ0) is 14.4. The Morgan fingerprint density at radius 1 is 1.40 bits per heavy atom. The molecule has 0 bridgehead atoms. The molecule has 1 aromatic carbocycles. The van der Waals surface area contributed by atoms with E-state index in [4.69, 9.17) is 5.11 Å². The Bertz CT molecular complexity index is 533. The van der Waals surface area contributed by atoms with Crippen molar-refractivity contribution < 1.29 is 9.90 Å². The first-order chi connectivity index (χ1) is 9.65. The molecule has 1 aromatic heterocycles. The highest BCUT2D eigenvalue weighted by molar-refractivity contribution is 5.94. The van der Waals surface area contributed by atoms with Crippen LogP contribution in [-0.4, -0.2) is 33.4 Å². The normalized spacial score (nSPS) is 12.1. The number of amides is 1. The highest BCUT2D eigenvalue weighted by atomic mass is 16.3. The van der Waals surface area contributed by atoms with Gasteiger partial charge in [-0.15, -0.1) is 0 Å². The number of hydrogen-bond donors (Lipinski definition) is 2. The zero-order valence-electron chi connectivity index (χ0n) is 11.5. The van der Waals surface area contributed by atoms with Crippen LogP contribution >= 0.6 is 0 Å². The predicted octanol–water partition coefficient (Wildman–Crippen LogP) is 1.43. The topological polar surface area (TPSA) is 67.2 Å². The van der Waals surface area contributed by atoms with Gasteiger partial charge in [-0.1, -0.05) is 12.1 Å². The molecule has 0 fully saturated rings. The quantitative estimate of drug-likeness (QED) is 0.836. The monoisotopic (exact) mass is 273 g/mol. The molecule has 0 saturated carbocycles. The van der Waals surface area contributed by atoms with E-state index >= 15 is 0 Å². The molecule has 2 rings (SSSR count). The number of nitrogens with zero attached hydrogens (tertiary/aromatic N) is 2. The van der Waals surface area contributed by atoms with E-state index in [-0.39, 0.29) is 5.91 Å². The molecule has 1 unspecified atom stereocenters. The Hall–Kier alpha value is -2.14. The molecule has 0 aliphatic carbocycles. The lowest BCUT2D eigenvalue weighted by Crippen LogP contribution is -2.26. The number of aromatic nitrogens is 2. The minimum Gasteiger partial charge on any atom is -0.393 e. The van der Waals surface area contributed by atoms with Gasteiger partial charge in [0.2, 0.25) is 0 Å². The molecule has 0 aliphatic rings. The lowest BCUT2D eigenvalue weighted by atomic mass is 10.1. The van der Waals surface area contributed by atoms with E-state index in [1.807, 2.05) is 29.1 Å². The third kappa shape index (κ3) is 4.20. The molecule has 0 radical (unpaired) electrons. The predicted molar refractivity (Wildman–Crippen MR) is 76.4 cm³/mol. The molecule has 5 heteroatoms. The van der Waals surface area contributed by atoms with Crippen LogP contribution in [0.3, 0.4) is 0 Å². The summed E-state index contributed by atoms with van der Waals surface area (Å²) in [5.41, 5.74) is 1.72. The fraction of sp³-hybridized carbons (Fsp3) is 0.333. The van der Waals surface area contributed by atoms with Gasteiger partial charge >= 0.3 is 0 Å². The lowest BCUT2D eigenvalue weighted by Gasteiger charge is -2.07. The fourth-order valence-electron chi connectivity index (χ4n) is 1.84. The Labute approximate surface area is 118 Å². The minimum atomic E-state index is -0.397. The van der Waals surface area contributed by atoms with Crippen LogP contribution in [0.4, 0.5) is 0 Å². The highest BCUT2D eigenvalue weighted by Gasteiger charge is 2.05. The Balaban J connectivity index is 1.89. The van der Waals surface area contributed by atoms with Crippen LogP contribution in [0, 0.1) is 0 Å². The first kappa shape index (κ1) is 14.3. The summed E-state index contributed by atoms with van der Waals surface area (Å²) in [4.78, 5) is 11.8. The summed E-state index contributed by atoms with van der Waals surface area (Å²) in [6.45, 7) is 2.87. The van der Waals surface area contributed by atoms with Gasteiger partial charge in [-0.3, -0.25) is 9.48 Å². The van der Waals surface area contributed by atoms with Crippen molar-refractivity contribution in [2.75, 3.05) is 6.54 Å². The second-order valence-electron chi connectivity index (χ2n) is 4.79. The van der Waals surface area contributed by atoms with Crippen molar-refractivity contribution in [3.63, 3.8) is 0 Å². The number of rotatable bonds is 6. The van der Waals surface area contributed by atoms with Gasteiger partial charge in [-0.25, -0.2) is 0 Å². The van der Waals surface area contributed by atoms with Crippen molar-refractivity contribution in [2.45, 2.75) is 26.0 Å². The summed E-state index contributed by atoms with van der Waals surface area (Å²) >= 11 is 0. The molecule has 106 valence electrons. The standard InChI is InChI=1S/C15H19N3O2/c1-12(19)7-9-16-15(20)14-5-3-13(4-6-14)11-18-10-2-8-17-18/h2-6,8,10,12,19H,7,9,11H2,1H3,(H,16,20). The maximum Gasteiger partial charge on any atom is 0.251 e. The number of nitrogens with one attached hydrogen (secondary N) is 1. The van der Waals surface area contributed by atoms with Crippen molar-refractivity contribution in [3.05, 3.63) is 53.9 Å². The van der Waals surface area contributed by atoms with Crippen LogP contribution in [0.1, 0.15) is 29.3 Å². The van der Waals surface area contributed by atoms with E-state index in [0.717, 1.165) is 5.56 Å². The molecule has 1 heterocycles. The summed E-state index contributed by atoms with van der Waals surface area (Å²) in [5.74, 6) is -0.115. The summed E-state index contributed by atoms with van der Waals surface area (Å²) in [6, 6.07) is 9.33. The van der Waals surface area contributed by atoms with E-state index in [2.05, 4.69) is 10.4 Å². The van der Waals surface area contributed by atoms with Gasteiger partial charge in [0.1, 0.15) is 0 Å². The molecule has 20 heavy (non-hydrogen) atoms. The van der Waals surface area contributed by atoms with E-state index in [0.29, 0.717) is 25.1 Å². The number of carbonyl (C=O) groups excluding carboxylic acids is 1. The van der Waals surface area contributed by atoms with Crippen molar-refractivity contribution >= 4 is 5.91 Å². The summed E-state index contributed by atoms with van der Waals surface area (Å²) in [7, 11) is 0. The number of carbonyl (C=O) groups is 1. The Kier molecular flexibility index (Phi) is 4.90. The van der Waals surface area contributed by atoms with Gasteiger partial charge in [0.05, 0.1) is 12.6 Å². The second-order valence-corrected chi connectivity index (χ2v) is 4.79. The molecule has 5 nitrogen and oxygen atoms in total. The third-order valence-corrected chi connectivity index (χ3v) is 2.97. The van der Waals surface area contributed by atoms with Crippen molar-refractivity contribution in [2.24, 2.45) is 0 Å². The Morgan fingerprint density at radius 2 is 2.15 bits per heavy atom. The number of benzene rings is 1. The average molecular weight is 273 g/mol. The molecule has 0 saturated heterocycles. The van der Waals surface area contributed by atoms with Gasteiger partial charge in [0.15, 0.2) is 0 Å². The van der Waals surface area contributed by atoms with Crippen molar-refractivity contribution in [1.82, 2.24) is 15.1 Å². The van der Waals surface area contributed by atoms with Crippen LogP contribution in [-0.2, 0) is 6.54 Å². The molecular weight excluding hydrogens is 254 g/mol. The first-order valence-corrected chi connectivity index (χ1v) is 6.68. The van der Waals surface area contributed by atoms with Crippen LogP contribution in [0.15, 0.2) is 42.7 Å². The van der Waals surface area contributed by atoms with Gasteiger partial charge in [0, 0.05) is 24.5 Å². The zero-order valence-corrected chi connectivity index (χ0v) is 11.5.